The molecule has 9 nitrogen and oxygen atoms in total. The number of phosphoric ester groups is 1. The maximum atomic E-state index is 12.5. The average molecular weight is 762 g/mol. The number of esters is 2. The van der Waals surface area contributed by atoms with Crippen molar-refractivity contribution in [3.05, 3.63) is 85.1 Å². The van der Waals surface area contributed by atoms with Gasteiger partial charge in [-0.1, -0.05) is 125 Å². The minimum absolute atomic E-state index is 0.0390. The molecule has 0 rings (SSSR count). The van der Waals surface area contributed by atoms with Crippen LogP contribution in [0, 0.1) is 0 Å². The van der Waals surface area contributed by atoms with Crippen molar-refractivity contribution in [2.75, 3.05) is 26.4 Å². The van der Waals surface area contributed by atoms with Gasteiger partial charge in [0, 0.05) is 19.4 Å². The fourth-order valence-corrected chi connectivity index (χ4v) is 5.57. The third-order valence-corrected chi connectivity index (χ3v) is 8.75. The van der Waals surface area contributed by atoms with E-state index in [0.717, 1.165) is 83.5 Å². The SMILES string of the molecule is CCC=CCC=CCC=CCC=CCCCCCCC(=O)OC(COC(=O)CCCCC=CCC=CCC=CCCCCC)COP(=O)(O)OCCN. The van der Waals surface area contributed by atoms with Gasteiger partial charge in [-0.15, -0.1) is 0 Å². The molecule has 2 atom stereocenters. The van der Waals surface area contributed by atoms with E-state index in [1.54, 1.807) is 0 Å². The Balaban J connectivity index is 4.34. The van der Waals surface area contributed by atoms with E-state index in [9.17, 15) is 19.0 Å². The lowest BCUT2D eigenvalue weighted by Gasteiger charge is -2.19. The summed E-state index contributed by atoms with van der Waals surface area (Å²) < 4.78 is 32.6. The van der Waals surface area contributed by atoms with Crippen LogP contribution in [-0.2, 0) is 32.7 Å². The maximum Gasteiger partial charge on any atom is 0.472 e. The lowest BCUT2D eigenvalue weighted by molar-refractivity contribution is -0.161. The Morgan fingerprint density at radius 3 is 1.57 bits per heavy atom. The van der Waals surface area contributed by atoms with Crippen LogP contribution in [0.2, 0.25) is 0 Å². The summed E-state index contributed by atoms with van der Waals surface area (Å²) in [6.07, 6.45) is 47.6. The normalized spacial score (nSPS) is 14.3. The molecule has 0 aromatic heterocycles. The molecule has 0 amide bonds. The van der Waals surface area contributed by atoms with Crippen LogP contribution < -0.4 is 5.73 Å². The second-order valence-corrected chi connectivity index (χ2v) is 14.2. The van der Waals surface area contributed by atoms with Crippen molar-refractivity contribution in [1.82, 2.24) is 0 Å². The molecule has 0 aliphatic heterocycles. The summed E-state index contributed by atoms with van der Waals surface area (Å²) in [7, 11) is -4.39. The number of ether oxygens (including phenoxy) is 2. The molecule has 10 heteroatoms. The van der Waals surface area contributed by atoms with Crippen molar-refractivity contribution in [3.8, 4) is 0 Å². The number of nitrogens with two attached hydrogens (primary N) is 1. The highest BCUT2D eigenvalue weighted by atomic mass is 31.2. The summed E-state index contributed by atoms with van der Waals surface area (Å²) in [4.78, 5) is 34.8. The molecule has 0 aromatic carbocycles. The van der Waals surface area contributed by atoms with E-state index in [0.29, 0.717) is 12.8 Å². The predicted octanol–water partition coefficient (Wildman–Crippen LogP) is 11.3. The van der Waals surface area contributed by atoms with Crippen LogP contribution in [0.25, 0.3) is 0 Å². The van der Waals surface area contributed by atoms with Crippen molar-refractivity contribution >= 4 is 19.8 Å². The zero-order chi connectivity index (χ0) is 38.9. The van der Waals surface area contributed by atoms with Gasteiger partial charge in [0.05, 0.1) is 13.2 Å². The fraction of sp³-hybridized carbons (Fsp3) is 0.628. The van der Waals surface area contributed by atoms with Crippen molar-refractivity contribution in [2.45, 2.75) is 148 Å². The first-order chi connectivity index (χ1) is 25.8. The van der Waals surface area contributed by atoms with Crippen molar-refractivity contribution in [1.29, 1.82) is 0 Å². The first-order valence-electron chi connectivity index (χ1n) is 20.1. The molecule has 0 aliphatic rings. The van der Waals surface area contributed by atoms with Crippen molar-refractivity contribution in [2.24, 2.45) is 5.73 Å². The Hall–Kier alpha value is -2.81. The number of rotatable bonds is 36. The van der Waals surface area contributed by atoms with Gasteiger partial charge < -0.3 is 20.1 Å². The highest BCUT2D eigenvalue weighted by Crippen LogP contribution is 2.43. The molecule has 0 aromatic rings. The molecule has 302 valence electrons. The smallest absolute Gasteiger partial charge is 0.462 e. The van der Waals surface area contributed by atoms with Crippen LogP contribution in [0.4, 0.5) is 0 Å². The van der Waals surface area contributed by atoms with Crippen LogP contribution in [0.5, 0.6) is 0 Å². The molecule has 0 fully saturated rings. The second kappa shape index (κ2) is 38.9. The first kappa shape index (κ1) is 50.2. The van der Waals surface area contributed by atoms with Crippen LogP contribution in [0.3, 0.4) is 0 Å². The summed E-state index contributed by atoms with van der Waals surface area (Å²) in [6.45, 7) is 3.48. The number of unbranched alkanes of at least 4 members (excludes halogenated alkanes) is 9. The van der Waals surface area contributed by atoms with Gasteiger partial charge >= 0.3 is 19.8 Å². The lowest BCUT2D eigenvalue weighted by Crippen LogP contribution is -2.29. The van der Waals surface area contributed by atoms with E-state index in [2.05, 4.69) is 98.9 Å². The van der Waals surface area contributed by atoms with Crippen LogP contribution >= 0.6 is 7.82 Å². The van der Waals surface area contributed by atoms with Gasteiger partial charge in [-0.05, 0) is 89.9 Å². The molecule has 0 radical (unpaired) electrons. The zero-order valence-electron chi connectivity index (χ0n) is 33.0. The maximum absolute atomic E-state index is 12.5. The minimum atomic E-state index is -4.39. The summed E-state index contributed by atoms with van der Waals surface area (Å²) >= 11 is 0. The number of hydrogen-bond donors (Lipinski definition) is 2. The first-order valence-corrected chi connectivity index (χ1v) is 21.6. The number of carbonyl (C=O) groups is 2. The van der Waals surface area contributed by atoms with E-state index < -0.39 is 32.5 Å². The Morgan fingerprint density at radius 2 is 1.04 bits per heavy atom. The molecule has 3 N–H and O–H groups in total. The van der Waals surface area contributed by atoms with E-state index in [4.69, 9.17) is 24.3 Å². The molecule has 0 bridgehead atoms. The molecule has 0 saturated heterocycles. The van der Waals surface area contributed by atoms with E-state index in [1.165, 1.54) is 19.3 Å². The van der Waals surface area contributed by atoms with E-state index in [1.807, 2.05) is 0 Å². The Bertz CT molecular complexity index is 1140. The van der Waals surface area contributed by atoms with Gasteiger partial charge in [-0.3, -0.25) is 18.6 Å². The fourth-order valence-electron chi connectivity index (χ4n) is 4.81. The number of hydrogen-bond acceptors (Lipinski definition) is 8. The van der Waals surface area contributed by atoms with Gasteiger partial charge in [0.25, 0.3) is 0 Å². The molecule has 0 saturated carbocycles. The van der Waals surface area contributed by atoms with Gasteiger partial charge in [0.15, 0.2) is 6.10 Å². The lowest BCUT2D eigenvalue weighted by atomic mass is 10.1. The van der Waals surface area contributed by atoms with Crippen LogP contribution in [-0.4, -0.2) is 49.3 Å². The number of phosphoric acid groups is 1. The highest BCUT2D eigenvalue weighted by molar-refractivity contribution is 7.47. The quantitative estimate of drug-likeness (QED) is 0.0277. The Morgan fingerprint density at radius 1 is 0.585 bits per heavy atom. The minimum Gasteiger partial charge on any atom is -0.462 e. The molecule has 0 spiro atoms. The third kappa shape index (κ3) is 38.7. The van der Waals surface area contributed by atoms with Gasteiger partial charge in [-0.2, -0.15) is 0 Å². The van der Waals surface area contributed by atoms with Gasteiger partial charge in [0.1, 0.15) is 6.61 Å². The van der Waals surface area contributed by atoms with Gasteiger partial charge in [-0.25, -0.2) is 4.57 Å². The number of allylic oxidation sites excluding steroid dienone is 14. The molecular formula is C43H72NO8P. The Labute approximate surface area is 322 Å². The topological polar surface area (TPSA) is 134 Å². The standard InChI is InChI=1S/C43H72NO8P/c1-3-5-7-9-11-13-15-17-19-20-22-24-26-28-30-32-34-36-43(46)52-41(40-51-53(47,48)50-38-37-44)39-49-42(45)35-33-31-29-27-25-23-21-18-16-14-12-10-8-6-4-2/h5,7,11-14,17-19,21-22,24-25,27,41H,3-4,6,8-10,15-16,20,23,26,28-40,44H2,1-2H3,(H,47,48). The van der Waals surface area contributed by atoms with E-state index >= 15 is 0 Å². The van der Waals surface area contributed by atoms with E-state index in [-0.39, 0.29) is 32.6 Å². The monoisotopic (exact) mass is 761 g/mol. The number of carbonyl (C=O) groups excluding carboxylic acids is 2. The third-order valence-electron chi connectivity index (χ3n) is 7.77. The predicted molar refractivity (Wildman–Crippen MR) is 219 cm³/mol. The van der Waals surface area contributed by atoms with Gasteiger partial charge in [0.2, 0.25) is 0 Å². The second-order valence-electron chi connectivity index (χ2n) is 12.8. The van der Waals surface area contributed by atoms with Crippen LogP contribution in [0.15, 0.2) is 85.1 Å². The summed E-state index contributed by atoms with van der Waals surface area (Å²) in [5.74, 6) is -0.912. The zero-order valence-corrected chi connectivity index (χ0v) is 33.9. The summed E-state index contributed by atoms with van der Waals surface area (Å²) in [5, 5.41) is 0. The van der Waals surface area contributed by atoms with Crippen molar-refractivity contribution < 1.29 is 37.6 Å². The highest BCUT2D eigenvalue weighted by Gasteiger charge is 2.25. The summed E-state index contributed by atoms with van der Waals surface area (Å²) in [5.41, 5.74) is 5.33. The molecule has 0 heterocycles. The largest absolute Gasteiger partial charge is 0.472 e. The summed E-state index contributed by atoms with van der Waals surface area (Å²) in [6, 6.07) is 0. The molecule has 53 heavy (non-hydrogen) atoms. The molecular weight excluding hydrogens is 689 g/mol. The molecule has 2 unspecified atom stereocenters. The van der Waals surface area contributed by atoms with Crippen LogP contribution in [0.1, 0.15) is 142 Å². The molecule has 0 aliphatic carbocycles. The van der Waals surface area contributed by atoms with Crippen molar-refractivity contribution in [3.63, 3.8) is 0 Å². The average Bonchev–Trinajstić information content (AvgIpc) is 3.14. The Kier molecular flexibility index (Phi) is 36.8.